The van der Waals surface area contributed by atoms with Crippen LogP contribution in [-0.2, 0) is 4.79 Å². The number of carbonyl (C=O) groups is 2. The van der Waals surface area contributed by atoms with Crippen molar-refractivity contribution < 1.29 is 19.9 Å². The van der Waals surface area contributed by atoms with Crippen LogP contribution in [0.2, 0.25) is 0 Å². The van der Waals surface area contributed by atoms with Gasteiger partial charge in [-0.25, -0.2) is 5.48 Å². The molecule has 0 aliphatic carbocycles. The van der Waals surface area contributed by atoms with Crippen LogP contribution in [0.4, 0.5) is 5.69 Å². The SMILES string of the molecule is CC(C)(O)C(NC(=O)c1ccc(C#Cc2ccccc2N)cc1)C(=O)NO. The molecule has 0 saturated heterocycles. The quantitative estimate of drug-likeness (QED) is 0.239. The summed E-state index contributed by atoms with van der Waals surface area (Å²) in [5.41, 5.74) is 7.96. The van der Waals surface area contributed by atoms with Gasteiger partial charge in [0.25, 0.3) is 11.8 Å². The van der Waals surface area contributed by atoms with Crippen LogP contribution in [0.5, 0.6) is 0 Å². The van der Waals surface area contributed by atoms with Crippen molar-refractivity contribution >= 4 is 17.5 Å². The predicted octanol–water partition coefficient (Wildman–Crippen LogP) is 1.04. The number of rotatable bonds is 4. The summed E-state index contributed by atoms with van der Waals surface area (Å²) in [6, 6.07) is 12.3. The highest BCUT2D eigenvalue weighted by Gasteiger charge is 2.34. The van der Waals surface area contributed by atoms with Gasteiger partial charge in [-0.15, -0.1) is 0 Å². The number of hydroxylamine groups is 1. The Morgan fingerprint density at radius 2 is 1.70 bits per heavy atom. The molecule has 0 radical (unpaired) electrons. The third-order valence-corrected chi connectivity index (χ3v) is 3.80. The van der Waals surface area contributed by atoms with Crippen LogP contribution < -0.4 is 16.5 Å². The Balaban J connectivity index is 2.14. The lowest BCUT2D eigenvalue weighted by Crippen LogP contribution is -2.57. The van der Waals surface area contributed by atoms with Crippen LogP contribution in [0.3, 0.4) is 0 Å². The molecule has 0 saturated carbocycles. The summed E-state index contributed by atoms with van der Waals surface area (Å²) in [5.74, 6) is 4.44. The maximum atomic E-state index is 12.3. The third-order valence-electron chi connectivity index (χ3n) is 3.80. The number of anilines is 1. The lowest BCUT2D eigenvalue weighted by molar-refractivity contribution is -0.136. The highest BCUT2D eigenvalue weighted by molar-refractivity contribution is 5.97. The number of amides is 2. The van der Waals surface area contributed by atoms with E-state index in [1.165, 1.54) is 19.3 Å². The highest BCUT2D eigenvalue weighted by Crippen LogP contribution is 2.12. The molecular weight excluding hydrogens is 346 g/mol. The maximum absolute atomic E-state index is 12.3. The molecule has 2 rings (SSSR count). The number of nitrogens with one attached hydrogen (secondary N) is 2. The van der Waals surface area contributed by atoms with Gasteiger partial charge in [0.2, 0.25) is 0 Å². The van der Waals surface area contributed by atoms with Crippen LogP contribution in [-0.4, -0.2) is 33.8 Å². The van der Waals surface area contributed by atoms with E-state index in [-0.39, 0.29) is 5.56 Å². The summed E-state index contributed by atoms with van der Waals surface area (Å²) in [7, 11) is 0. The van der Waals surface area contributed by atoms with Crippen molar-refractivity contribution in [2.75, 3.05) is 5.73 Å². The Bertz CT molecular complexity index is 890. The van der Waals surface area contributed by atoms with E-state index < -0.39 is 23.5 Å². The van der Waals surface area contributed by atoms with Crippen molar-refractivity contribution in [3.63, 3.8) is 0 Å². The largest absolute Gasteiger partial charge is 0.398 e. The molecule has 0 aromatic heterocycles. The van der Waals surface area contributed by atoms with Crippen molar-refractivity contribution in [3.8, 4) is 11.8 Å². The minimum absolute atomic E-state index is 0.278. The summed E-state index contributed by atoms with van der Waals surface area (Å²) >= 11 is 0. The molecule has 7 heteroatoms. The topological polar surface area (TPSA) is 125 Å². The first-order chi connectivity index (χ1) is 12.7. The third kappa shape index (κ3) is 5.31. The van der Waals surface area contributed by atoms with Gasteiger partial charge in [-0.1, -0.05) is 24.0 Å². The van der Waals surface area contributed by atoms with E-state index in [1.54, 1.807) is 30.3 Å². The molecule has 0 aliphatic rings. The second kappa shape index (κ2) is 8.36. The van der Waals surface area contributed by atoms with E-state index >= 15 is 0 Å². The number of aliphatic hydroxyl groups is 1. The van der Waals surface area contributed by atoms with E-state index in [9.17, 15) is 14.7 Å². The molecule has 0 aliphatic heterocycles. The van der Waals surface area contributed by atoms with Crippen LogP contribution in [0, 0.1) is 11.8 Å². The number of carbonyl (C=O) groups excluding carboxylic acids is 2. The zero-order valence-electron chi connectivity index (χ0n) is 15.0. The minimum atomic E-state index is -1.57. The first-order valence-corrected chi connectivity index (χ1v) is 8.16. The second-order valence-electron chi connectivity index (χ2n) is 6.45. The molecule has 0 bridgehead atoms. The fourth-order valence-corrected chi connectivity index (χ4v) is 2.30. The number of para-hydroxylation sites is 1. The van der Waals surface area contributed by atoms with Gasteiger partial charge in [0.15, 0.2) is 0 Å². The highest BCUT2D eigenvalue weighted by atomic mass is 16.5. The van der Waals surface area contributed by atoms with Crippen molar-refractivity contribution in [2.45, 2.75) is 25.5 Å². The fourth-order valence-electron chi connectivity index (χ4n) is 2.30. The first kappa shape index (κ1) is 20.0. The molecule has 27 heavy (non-hydrogen) atoms. The normalized spacial score (nSPS) is 11.7. The number of nitrogen functional groups attached to an aromatic ring is 1. The van der Waals surface area contributed by atoms with Crippen LogP contribution in [0.15, 0.2) is 48.5 Å². The van der Waals surface area contributed by atoms with Crippen molar-refractivity contribution in [1.29, 1.82) is 0 Å². The van der Waals surface area contributed by atoms with Crippen molar-refractivity contribution in [1.82, 2.24) is 10.8 Å². The second-order valence-corrected chi connectivity index (χ2v) is 6.45. The zero-order valence-corrected chi connectivity index (χ0v) is 15.0. The van der Waals surface area contributed by atoms with Crippen LogP contribution in [0.1, 0.15) is 35.3 Å². The maximum Gasteiger partial charge on any atom is 0.268 e. The van der Waals surface area contributed by atoms with E-state index in [0.717, 1.165) is 0 Å². The van der Waals surface area contributed by atoms with Gasteiger partial charge in [0, 0.05) is 22.4 Å². The van der Waals surface area contributed by atoms with Gasteiger partial charge in [-0.05, 0) is 50.2 Å². The number of nitrogens with two attached hydrogens (primary N) is 1. The lowest BCUT2D eigenvalue weighted by atomic mass is 9.97. The monoisotopic (exact) mass is 367 g/mol. The average molecular weight is 367 g/mol. The van der Waals surface area contributed by atoms with Crippen LogP contribution in [0.25, 0.3) is 0 Å². The average Bonchev–Trinajstić information content (AvgIpc) is 2.64. The minimum Gasteiger partial charge on any atom is -0.398 e. The molecule has 2 aromatic rings. The lowest BCUT2D eigenvalue weighted by Gasteiger charge is -2.28. The Kier molecular flexibility index (Phi) is 6.19. The molecule has 2 aromatic carbocycles. The Morgan fingerprint density at radius 3 is 2.26 bits per heavy atom. The number of hydrogen-bond donors (Lipinski definition) is 5. The molecule has 7 nitrogen and oxygen atoms in total. The van der Waals surface area contributed by atoms with Gasteiger partial charge >= 0.3 is 0 Å². The molecule has 1 unspecified atom stereocenters. The standard InChI is InChI=1S/C20H21N3O4/c1-20(2,26)17(19(25)23-27)22-18(24)15-11-8-13(9-12-15)7-10-14-5-3-4-6-16(14)21/h3-6,8-9,11-12,17,26-27H,21H2,1-2H3,(H,22,24)(H,23,25). The zero-order chi connectivity index (χ0) is 20.0. The van der Waals surface area contributed by atoms with Gasteiger partial charge in [-0.3, -0.25) is 14.8 Å². The summed E-state index contributed by atoms with van der Waals surface area (Å²) in [4.78, 5) is 24.0. The van der Waals surface area contributed by atoms with E-state index in [1.807, 2.05) is 18.2 Å². The van der Waals surface area contributed by atoms with Crippen LogP contribution >= 0.6 is 0 Å². The first-order valence-electron chi connectivity index (χ1n) is 8.16. The molecule has 0 heterocycles. The van der Waals surface area contributed by atoms with E-state index in [0.29, 0.717) is 16.8 Å². The molecule has 1 atom stereocenters. The molecule has 6 N–H and O–H groups in total. The van der Waals surface area contributed by atoms with Crippen molar-refractivity contribution in [3.05, 3.63) is 65.2 Å². The molecule has 2 amide bonds. The Morgan fingerprint density at radius 1 is 1.07 bits per heavy atom. The predicted molar refractivity (Wildman–Crippen MR) is 101 cm³/mol. The Hall–Kier alpha value is -3.34. The van der Waals surface area contributed by atoms with E-state index in [4.69, 9.17) is 10.9 Å². The number of hydrogen-bond acceptors (Lipinski definition) is 5. The van der Waals surface area contributed by atoms with Gasteiger partial charge in [-0.2, -0.15) is 0 Å². The van der Waals surface area contributed by atoms with Crippen molar-refractivity contribution in [2.24, 2.45) is 0 Å². The molecule has 140 valence electrons. The van der Waals surface area contributed by atoms with Gasteiger partial charge in [0.1, 0.15) is 6.04 Å². The molecule has 0 spiro atoms. The van der Waals surface area contributed by atoms with E-state index in [2.05, 4.69) is 17.2 Å². The fraction of sp³-hybridized carbons (Fsp3) is 0.200. The molecular formula is C20H21N3O4. The summed E-state index contributed by atoms with van der Waals surface area (Å²) in [6.07, 6.45) is 0. The van der Waals surface area contributed by atoms with Gasteiger partial charge in [0.05, 0.1) is 5.60 Å². The summed E-state index contributed by atoms with van der Waals surface area (Å²) < 4.78 is 0. The Labute approximate surface area is 157 Å². The molecule has 0 fully saturated rings. The summed E-state index contributed by atoms with van der Waals surface area (Å²) in [5, 5.41) is 21.2. The summed E-state index contributed by atoms with van der Waals surface area (Å²) in [6.45, 7) is 2.70. The number of benzene rings is 2. The smallest absolute Gasteiger partial charge is 0.268 e. The van der Waals surface area contributed by atoms with Gasteiger partial charge < -0.3 is 16.2 Å².